The summed E-state index contributed by atoms with van der Waals surface area (Å²) in [5, 5.41) is 0. The molecule has 0 N–H and O–H groups in total. The van der Waals surface area contributed by atoms with Crippen molar-refractivity contribution in [3.05, 3.63) is 0 Å². The summed E-state index contributed by atoms with van der Waals surface area (Å²) in [4.78, 5) is 11.1. The molecule has 1 fully saturated rings. The van der Waals surface area contributed by atoms with Gasteiger partial charge in [0.2, 0.25) is 0 Å². The van der Waals surface area contributed by atoms with Gasteiger partial charge in [0.25, 0.3) is 0 Å². The van der Waals surface area contributed by atoms with Crippen molar-refractivity contribution in [2.24, 2.45) is 16.2 Å². The summed E-state index contributed by atoms with van der Waals surface area (Å²) in [6.07, 6.45) is 4.46. The molecule has 0 atom stereocenters. The van der Waals surface area contributed by atoms with Crippen LogP contribution in [0.5, 0.6) is 0 Å². The minimum Gasteiger partial charge on any atom is -0.303 e. The predicted octanol–water partition coefficient (Wildman–Crippen LogP) is 3.43. The van der Waals surface area contributed by atoms with Crippen LogP contribution in [0.15, 0.2) is 0 Å². The Balaban J connectivity index is 2.90. The third-order valence-electron chi connectivity index (χ3n) is 3.01. The summed E-state index contributed by atoms with van der Waals surface area (Å²) >= 11 is 0. The van der Waals surface area contributed by atoms with Gasteiger partial charge in [-0.2, -0.15) is 0 Å². The lowest BCUT2D eigenvalue weighted by Crippen LogP contribution is -2.40. The van der Waals surface area contributed by atoms with Crippen LogP contribution in [-0.2, 0) is 4.79 Å². The second kappa shape index (κ2) is 2.83. The lowest BCUT2D eigenvalue weighted by Gasteiger charge is -2.48. The van der Waals surface area contributed by atoms with Crippen molar-refractivity contribution in [2.75, 3.05) is 0 Å². The molecule has 0 aromatic rings. The normalized spacial score (nSPS) is 29.6. The Hall–Kier alpha value is -0.330. The van der Waals surface area contributed by atoms with Gasteiger partial charge in [-0.05, 0) is 30.1 Å². The van der Waals surface area contributed by atoms with Crippen molar-refractivity contribution in [1.29, 1.82) is 0 Å². The van der Waals surface area contributed by atoms with Gasteiger partial charge in [0, 0.05) is 5.41 Å². The molecule has 0 aliphatic heterocycles. The van der Waals surface area contributed by atoms with E-state index in [1.807, 2.05) is 0 Å². The number of hydrogen-bond donors (Lipinski definition) is 0. The van der Waals surface area contributed by atoms with Crippen molar-refractivity contribution in [3.8, 4) is 0 Å². The number of aldehydes is 1. The minimum absolute atomic E-state index is 0.0920. The Morgan fingerprint density at radius 3 is 1.54 bits per heavy atom. The smallest absolute Gasteiger partial charge is 0.125 e. The Morgan fingerprint density at radius 2 is 1.23 bits per heavy atom. The summed E-state index contributed by atoms with van der Waals surface area (Å²) in [5.74, 6) is 0. The summed E-state index contributed by atoms with van der Waals surface area (Å²) in [6, 6.07) is 0. The molecule has 0 spiro atoms. The molecule has 1 aliphatic rings. The van der Waals surface area contributed by atoms with Gasteiger partial charge in [0.1, 0.15) is 6.29 Å². The quantitative estimate of drug-likeness (QED) is 0.568. The van der Waals surface area contributed by atoms with E-state index in [2.05, 4.69) is 34.6 Å². The van der Waals surface area contributed by atoms with Gasteiger partial charge < -0.3 is 4.79 Å². The topological polar surface area (TPSA) is 17.1 Å². The Bertz CT molecular complexity index is 197. The fourth-order valence-electron chi connectivity index (χ4n) is 3.75. The first-order valence-corrected chi connectivity index (χ1v) is 5.15. The van der Waals surface area contributed by atoms with E-state index in [0.29, 0.717) is 10.8 Å². The fraction of sp³-hybridized carbons (Fsp3) is 0.917. The van der Waals surface area contributed by atoms with Crippen LogP contribution < -0.4 is 0 Å². The van der Waals surface area contributed by atoms with Crippen LogP contribution in [0, 0.1) is 16.2 Å². The highest BCUT2D eigenvalue weighted by Gasteiger charge is 2.44. The maximum absolute atomic E-state index is 11.1. The van der Waals surface area contributed by atoms with Gasteiger partial charge in [-0.1, -0.05) is 34.6 Å². The molecule has 1 rings (SSSR count). The van der Waals surface area contributed by atoms with Crippen LogP contribution in [0.2, 0.25) is 0 Å². The number of hydrogen-bond acceptors (Lipinski definition) is 1. The highest BCUT2D eigenvalue weighted by atomic mass is 16.1. The van der Waals surface area contributed by atoms with Crippen molar-refractivity contribution in [1.82, 2.24) is 0 Å². The first kappa shape index (κ1) is 10.7. The lowest BCUT2D eigenvalue weighted by molar-refractivity contribution is -0.122. The number of carbonyl (C=O) groups is 1. The molecule has 0 bridgehead atoms. The highest BCUT2D eigenvalue weighted by molar-refractivity contribution is 5.59. The second-order valence-corrected chi connectivity index (χ2v) is 6.63. The van der Waals surface area contributed by atoms with E-state index in [0.717, 1.165) is 19.1 Å². The molecule has 1 aliphatic carbocycles. The summed E-state index contributed by atoms with van der Waals surface area (Å²) in [7, 11) is 0. The average molecular weight is 182 g/mol. The predicted molar refractivity (Wildman–Crippen MR) is 55.6 cm³/mol. The molecule has 0 radical (unpaired) electrons. The van der Waals surface area contributed by atoms with Gasteiger partial charge in [-0.25, -0.2) is 0 Å². The molecule has 0 heterocycles. The molecule has 0 saturated heterocycles. The zero-order valence-electron chi connectivity index (χ0n) is 9.61. The van der Waals surface area contributed by atoms with Gasteiger partial charge in [-0.15, -0.1) is 0 Å². The molecule has 0 aromatic carbocycles. The molecule has 1 saturated carbocycles. The summed E-state index contributed by atoms with van der Waals surface area (Å²) in [6.45, 7) is 11.2. The molecule has 76 valence electrons. The van der Waals surface area contributed by atoms with Crippen molar-refractivity contribution >= 4 is 6.29 Å². The molecule has 0 aromatic heterocycles. The van der Waals surface area contributed by atoms with Crippen LogP contribution in [0.25, 0.3) is 0 Å². The molecule has 13 heavy (non-hydrogen) atoms. The highest BCUT2D eigenvalue weighted by Crippen LogP contribution is 2.52. The summed E-state index contributed by atoms with van der Waals surface area (Å²) in [5.41, 5.74) is 0.542. The van der Waals surface area contributed by atoms with E-state index >= 15 is 0 Å². The van der Waals surface area contributed by atoms with Crippen LogP contribution in [0.1, 0.15) is 53.9 Å². The SMILES string of the molecule is CC1(C)CC(C)(C)CC(C)(C=O)C1. The first-order valence-electron chi connectivity index (χ1n) is 5.15. The van der Waals surface area contributed by atoms with Gasteiger partial charge in [0.05, 0.1) is 0 Å². The summed E-state index contributed by atoms with van der Waals surface area (Å²) < 4.78 is 0. The molecule has 1 heteroatoms. The third kappa shape index (κ3) is 2.55. The second-order valence-electron chi connectivity index (χ2n) is 6.63. The van der Waals surface area contributed by atoms with E-state index < -0.39 is 0 Å². The van der Waals surface area contributed by atoms with E-state index in [-0.39, 0.29) is 5.41 Å². The Morgan fingerprint density at radius 1 is 0.846 bits per heavy atom. The number of rotatable bonds is 1. The lowest BCUT2D eigenvalue weighted by atomic mass is 9.56. The fourth-order valence-corrected chi connectivity index (χ4v) is 3.75. The van der Waals surface area contributed by atoms with Crippen LogP contribution in [-0.4, -0.2) is 6.29 Å². The van der Waals surface area contributed by atoms with Gasteiger partial charge in [-0.3, -0.25) is 0 Å². The largest absolute Gasteiger partial charge is 0.303 e. The first-order chi connectivity index (χ1) is 5.68. The van der Waals surface area contributed by atoms with Crippen molar-refractivity contribution in [2.45, 2.75) is 53.9 Å². The van der Waals surface area contributed by atoms with E-state index in [4.69, 9.17) is 0 Å². The number of carbonyl (C=O) groups excluding carboxylic acids is 1. The Labute approximate surface area is 81.9 Å². The Kier molecular flexibility index (Phi) is 2.34. The van der Waals surface area contributed by atoms with E-state index in [9.17, 15) is 4.79 Å². The monoisotopic (exact) mass is 182 g/mol. The molecule has 1 nitrogen and oxygen atoms in total. The maximum atomic E-state index is 11.1. The average Bonchev–Trinajstić information content (AvgIpc) is 1.79. The zero-order valence-corrected chi connectivity index (χ0v) is 9.61. The zero-order chi connectivity index (χ0) is 10.3. The van der Waals surface area contributed by atoms with Crippen LogP contribution >= 0.6 is 0 Å². The van der Waals surface area contributed by atoms with Crippen molar-refractivity contribution < 1.29 is 4.79 Å². The van der Waals surface area contributed by atoms with Crippen LogP contribution in [0.4, 0.5) is 0 Å². The third-order valence-corrected chi connectivity index (χ3v) is 3.01. The molecular formula is C12H22O. The minimum atomic E-state index is -0.0920. The van der Waals surface area contributed by atoms with Gasteiger partial charge >= 0.3 is 0 Å². The van der Waals surface area contributed by atoms with Crippen LogP contribution in [0.3, 0.4) is 0 Å². The maximum Gasteiger partial charge on any atom is 0.125 e. The standard InChI is InChI=1S/C12H22O/c1-10(2)6-11(3,4)8-12(5,7-10)9-13/h9H,6-8H2,1-5H3. The molecular weight excluding hydrogens is 160 g/mol. The van der Waals surface area contributed by atoms with E-state index in [1.54, 1.807) is 0 Å². The van der Waals surface area contributed by atoms with E-state index in [1.165, 1.54) is 6.42 Å². The molecule has 0 amide bonds. The van der Waals surface area contributed by atoms with Crippen molar-refractivity contribution in [3.63, 3.8) is 0 Å². The molecule has 0 unspecified atom stereocenters. The van der Waals surface area contributed by atoms with Gasteiger partial charge in [0.15, 0.2) is 0 Å².